The minimum Gasteiger partial charge on any atom is -0.434 e. The Labute approximate surface area is 60.3 Å². The minimum atomic E-state index is -0.747. The summed E-state index contributed by atoms with van der Waals surface area (Å²) >= 11 is 0. The second kappa shape index (κ2) is 6.35. The van der Waals surface area contributed by atoms with Crippen LogP contribution in [0.3, 0.4) is 0 Å². The van der Waals surface area contributed by atoms with Gasteiger partial charge in [-0.2, -0.15) is 0 Å². The van der Waals surface area contributed by atoms with Crippen LogP contribution in [0.2, 0.25) is 0 Å². The highest BCUT2D eigenvalue weighted by Gasteiger charge is 1.99. The summed E-state index contributed by atoms with van der Waals surface area (Å²) in [4.78, 5) is 10.4. The largest absolute Gasteiger partial charge is 0.509 e. The highest BCUT2D eigenvalue weighted by molar-refractivity contribution is 5.59. The molecule has 0 fully saturated rings. The molecule has 0 aliphatic heterocycles. The van der Waals surface area contributed by atoms with Crippen LogP contribution in [0.5, 0.6) is 0 Å². The third-order valence-electron chi connectivity index (χ3n) is 0.908. The zero-order chi connectivity index (χ0) is 7.82. The van der Waals surface area contributed by atoms with Gasteiger partial charge in [-0.25, -0.2) is 10.5 Å². The Kier molecular flexibility index (Phi) is 5.86. The zero-order valence-corrected chi connectivity index (χ0v) is 6.05. The van der Waals surface area contributed by atoms with Crippen molar-refractivity contribution in [3.8, 4) is 0 Å². The fraction of sp³-hybridized carbons (Fsp3) is 0.833. The summed E-state index contributed by atoms with van der Waals surface area (Å²) in [7, 11) is 0. The molecular weight excluding hydrogens is 134 g/mol. The molecular formula is C6H12NO3. The molecule has 10 heavy (non-hydrogen) atoms. The van der Waals surface area contributed by atoms with Gasteiger partial charge in [0.05, 0.1) is 6.61 Å². The second-order valence-corrected chi connectivity index (χ2v) is 1.74. The molecule has 1 N–H and O–H groups in total. The summed E-state index contributed by atoms with van der Waals surface area (Å²) in [6.07, 6.45) is 1.07. The molecule has 1 radical (unpaired) electrons. The molecule has 0 amide bonds. The van der Waals surface area contributed by atoms with E-state index in [0.29, 0.717) is 6.61 Å². The average Bonchev–Trinajstić information content (AvgIpc) is 1.89. The Morgan fingerprint density at radius 2 is 2.20 bits per heavy atom. The number of hydrogen-bond donors (Lipinski definition) is 0. The fourth-order valence-corrected chi connectivity index (χ4v) is 0.400. The maximum atomic E-state index is 10.4. The van der Waals surface area contributed by atoms with Crippen molar-refractivity contribution in [1.29, 1.82) is 0 Å². The first-order valence-corrected chi connectivity index (χ1v) is 3.25. The van der Waals surface area contributed by atoms with Crippen LogP contribution < -0.4 is 5.73 Å². The lowest BCUT2D eigenvalue weighted by molar-refractivity contribution is 0.0550. The van der Waals surface area contributed by atoms with E-state index in [1.165, 1.54) is 0 Å². The number of hydrogen-bond acceptors (Lipinski definition) is 3. The molecule has 0 heterocycles. The Morgan fingerprint density at radius 1 is 1.50 bits per heavy atom. The van der Waals surface area contributed by atoms with E-state index in [-0.39, 0.29) is 6.73 Å². The van der Waals surface area contributed by atoms with E-state index in [0.717, 1.165) is 12.8 Å². The van der Waals surface area contributed by atoms with Gasteiger partial charge in [0.15, 0.2) is 6.73 Å². The van der Waals surface area contributed by atoms with E-state index in [4.69, 9.17) is 5.73 Å². The molecule has 0 aromatic heterocycles. The lowest BCUT2D eigenvalue weighted by Crippen LogP contribution is -2.09. The maximum absolute atomic E-state index is 10.4. The van der Waals surface area contributed by atoms with Gasteiger partial charge in [-0.15, -0.1) is 0 Å². The van der Waals surface area contributed by atoms with Gasteiger partial charge in [-0.3, -0.25) is 0 Å². The third-order valence-corrected chi connectivity index (χ3v) is 0.908. The highest BCUT2D eigenvalue weighted by atomic mass is 16.7. The number of carbonyl (C=O) groups excluding carboxylic acids is 1. The highest BCUT2D eigenvalue weighted by Crippen LogP contribution is 1.89. The van der Waals surface area contributed by atoms with Crippen molar-refractivity contribution in [2.45, 2.75) is 19.8 Å². The Bertz CT molecular complexity index is 95.0. The Hall–Kier alpha value is -0.770. The molecule has 0 aromatic rings. The van der Waals surface area contributed by atoms with Crippen LogP contribution in [0.4, 0.5) is 4.79 Å². The van der Waals surface area contributed by atoms with E-state index in [9.17, 15) is 4.79 Å². The van der Waals surface area contributed by atoms with Gasteiger partial charge in [-0.05, 0) is 6.42 Å². The summed E-state index contributed by atoms with van der Waals surface area (Å²) in [5.41, 5.74) is 6.49. The Morgan fingerprint density at radius 3 is 2.70 bits per heavy atom. The van der Waals surface area contributed by atoms with Gasteiger partial charge in [0.2, 0.25) is 0 Å². The molecule has 0 unspecified atom stereocenters. The molecule has 0 saturated heterocycles. The predicted molar refractivity (Wildman–Crippen MR) is 35.3 cm³/mol. The number of unbranched alkanes of at least 4 members (excludes halogenated alkanes) is 1. The van der Waals surface area contributed by atoms with Gasteiger partial charge >= 0.3 is 6.16 Å². The first-order chi connectivity index (χ1) is 4.81. The minimum absolute atomic E-state index is 0.370. The SMILES string of the molecule is CCCCOC(=O)OC[NH]. The smallest absolute Gasteiger partial charge is 0.434 e. The van der Waals surface area contributed by atoms with E-state index in [2.05, 4.69) is 9.47 Å². The monoisotopic (exact) mass is 146 g/mol. The molecule has 0 aliphatic carbocycles. The molecule has 0 spiro atoms. The molecule has 0 aromatic carbocycles. The summed E-state index contributed by atoms with van der Waals surface area (Å²) < 4.78 is 8.74. The van der Waals surface area contributed by atoms with Crippen LogP contribution in [0.15, 0.2) is 0 Å². The van der Waals surface area contributed by atoms with Gasteiger partial charge in [0.25, 0.3) is 0 Å². The lowest BCUT2D eigenvalue weighted by Gasteiger charge is -2.01. The standard InChI is InChI=1S/C6H12NO3/c1-2-3-4-9-6(8)10-5-7/h7H,2-5H2,1H3. The average molecular weight is 146 g/mol. The molecule has 59 valence electrons. The van der Waals surface area contributed by atoms with Crippen LogP contribution in [-0.4, -0.2) is 19.5 Å². The molecule has 0 aliphatic rings. The van der Waals surface area contributed by atoms with Crippen molar-refractivity contribution in [1.82, 2.24) is 5.73 Å². The van der Waals surface area contributed by atoms with Crippen molar-refractivity contribution < 1.29 is 14.3 Å². The lowest BCUT2D eigenvalue weighted by atomic mass is 10.4. The second-order valence-electron chi connectivity index (χ2n) is 1.74. The van der Waals surface area contributed by atoms with E-state index >= 15 is 0 Å². The van der Waals surface area contributed by atoms with E-state index in [1.807, 2.05) is 6.92 Å². The van der Waals surface area contributed by atoms with Gasteiger partial charge in [0, 0.05) is 0 Å². The van der Waals surface area contributed by atoms with Crippen LogP contribution >= 0.6 is 0 Å². The quantitative estimate of drug-likeness (QED) is 0.442. The molecule has 0 atom stereocenters. The molecule has 4 heteroatoms. The first kappa shape index (κ1) is 9.23. The number of nitrogens with one attached hydrogen (secondary N) is 1. The molecule has 0 rings (SSSR count). The normalized spacial score (nSPS) is 9.00. The predicted octanol–water partition coefficient (Wildman–Crippen LogP) is 1.18. The summed E-state index contributed by atoms with van der Waals surface area (Å²) in [5.74, 6) is 0. The summed E-state index contributed by atoms with van der Waals surface area (Å²) in [6, 6.07) is 0. The van der Waals surface area contributed by atoms with Crippen molar-refractivity contribution in [2.75, 3.05) is 13.3 Å². The molecule has 0 bridgehead atoms. The van der Waals surface area contributed by atoms with Crippen LogP contribution in [-0.2, 0) is 9.47 Å². The summed E-state index contributed by atoms with van der Waals surface area (Å²) in [6.45, 7) is 2.01. The van der Waals surface area contributed by atoms with Crippen molar-refractivity contribution in [3.63, 3.8) is 0 Å². The topological polar surface area (TPSA) is 59.3 Å². The van der Waals surface area contributed by atoms with Crippen molar-refractivity contribution in [3.05, 3.63) is 0 Å². The van der Waals surface area contributed by atoms with Crippen LogP contribution in [0.25, 0.3) is 0 Å². The van der Waals surface area contributed by atoms with E-state index in [1.54, 1.807) is 0 Å². The first-order valence-electron chi connectivity index (χ1n) is 3.25. The van der Waals surface area contributed by atoms with Gasteiger partial charge < -0.3 is 9.47 Å². The number of ether oxygens (including phenoxy) is 2. The van der Waals surface area contributed by atoms with E-state index < -0.39 is 6.16 Å². The van der Waals surface area contributed by atoms with Crippen molar-refractivity contribution in [2.24, 2.45) is 0 Å². The Balaban J connectivity index is 3.05. The van der Waals surface area contributed by atoms with Gasteiger partial charge in [0.1, 0.15) is 0 Å². The van der Waals surface area contributed by atoms with Crippen LogP contribution in [0, 0.1) is 0 Å². The zero-order valence-electron chi connectivity index (χ0n) is 6.05. The van der Waals surface area contributed by atoms with Gasteiger partial charge in [-0.1, -0.05) is 13.3 Å². The third kappa shape index (κ3) is 5.37. The number of rotatable bonds is 4. The summed E-state index contributed by atoms with van der Waals surface area (Å²) in [5, 5.41) is 0. The number of carbonyl (C=O) groups is 1. The van der Waals surface area contributed by atoms with Crippen LogP contribution in [0.1, 0.15) is 19.8 Å². The molecule has 0 saturated carbocycles. The maximum Gasteiger partial charge on any atom is 0.509 e. The molecule has 4 nitrogen and oxygen atoms in total. The fourth-order valence-electron chi connectivity index (χ4n) is 0.400. The van der Waals surface area contributed by atoms with Crippen molar-refractivity contribution >= 4 is 6.16 Å².